The Hall–Kier alpha value is -2.69. The molecule has 0 spiro atoms. The van der Waals surface area contributed by atoms with Gasteiger partial charge >= 0.3 is 0 Å². The molecule has 0 fully saturated rings. The largest absolute Gasteiger partial charge is 0.352 e. The van der Waals surface area contributed by atoms with Crippen molar-refractivity contribution in [2.45, 2.75) is 26.8 Å². The van der Waals surface area contributed by atoms with Crippen molar-refractivity contribution in [2.75, 3.05) is 5.32 Å². The molecule has 4 nitrogen and oxygen atoms in total. The second-order valence-electron chi connectivity index (χ2n) is 5.92. The molecule has 0 saturated heterocycles. The van der Waals surface area contributed by atoms with Gasteiger partial charge in [0.1, 0.15) is 5.82 Å². The summed E-state index contributed by atoms with van der Waals surface area (Å²) in [5, 5.41) is 5.61. The molecule has 0 atom stereocenters. The first-order chi connectivity index (χ1) is 11.4. The lowest BCUT2D eigenvalue weighted by atomic mass is 10.1. The number of carbonyl (C=O) groups excluding carboxylic acids is 2. The lowest BCUT2D eigenvalue weighted by Gasteiger charge is -2.09. The Morgan fingerprint density at radius 1 is 1.04 bits per heavy atom. The maximum absolute atomic E-state index is 13.1. The molecule has 0 bridgehead atoms. The molecule has 2 N–H and O–H groups in total. The van der Waals surface area contributed by atoms with Gasteiger partial charge in [-0.1, -0.05) is 38.1 Å². The molecule has 0 aliphatic carbocycles. The van der Waals surface area contributed by atoms with Crippen molar-refractivity contribution in [2.24, 2.45) is 5.92 Å². The first-order valence-corrected chi connectivity index (χ1v) is 7.85. The van der Waals surface area contributed by atoms with Crippen LogP contribution in [0.5, 0.6) is 0 Å². The third-order valence-corrected chi connectivity index (χ3v) is 3.49. The predicted molar refractivity (Wildman–Crippen MR) is 91.9 cm³/mol. The van der Waals surface area contributed by atoms with Crippen molar-refractivity contribution < 1.29 is 14.0 Å². The Labute approximate surface area is 141 Å². The molecule has 24 heavy (non-hydrogen) atoms. The number of hydrogen-bond acceptors (Lipinski definition) is 2. The fourth-order valence-corrected chi connectivity index (χ4v) is 2.09. The number of halogens is 1. The maximum Gasteiger partial charge on any atom is 0.226 e. The van der Waals surface area contributed by atoms with Gasteiger partial charge in [-0.05, 0) is 35.4 Å². The average Bonchev–Trinajstić information content (AvgIpc) is 2.54. The molecule has 0 aromatic heterocycles. The maximum atomic E-state index is 13.1. The van der Waals surface area contributed by atoms with Crippen LogP contribution < -0.4 is 10.6 Å². The topological polar surface area (TPSA) is 58.2 Å². The summed E-state index contributed by atoms with van der Waals surface area (Å²) in [5.41, 5.74) is 2.29. The van der Waals surface area contributed by atoms with Crippen LogP contribution in [0.25, 0.3) is 0 Å². The van der Waals surface area contributed by atoms with E-state index in [0.717, 1.165) is 11.3 Å². The highest BCUT2D eigenvalue weighted by Gasteiger charge is 2.07. The van der Waals surface area contributed by atoms with Gasteiger partial charge in [-0.2, -0.15) is 0 Å². The van der Waals surface area contributed by atoms with Gasteiger partial charge < -0.3 is 10.6 Å². The molecule has 5 heteroatoms. The zero-order chi connectivity index (χ0) is 17.5. The van der Waals surface area contributed by atoms with Crippen LogP contribution in [0.1, 0.15) is 25.0 Å². The van der Waals surface area contributed by atoms with Crippen LogP contribution in [-0.2, 0) is 22.6 Å². The zero-order valence-corrected chi connectivity index (χ0v) is 13.8. The molecule has 0 unspecified atom stereocenters. The summed E-state index contributed by atoms with van der Waals surface area (Å²) in [6.07, 6.45) is 0.139. The normalized spacial score (nSPS) is 10.5. The number of carbonyl (C=O) groups is 2. The second kappa shape index (κ2) is 8.24. The third kappa shape index (κ3) is 5.50. The number of anilines is 1. The molecule has 0 heterocycles. The van der Waals surface area contributed by atoms with Crippen molar-refractivity contribution in [3.05, 3.63) is 65.5 Å². The Morgan fingerprint density at radius 2 is 1.75 bits per heavy atom. The Balaban J connectivity index is 1.83. The molecule has 2 amide bonds. The van der Waals surface area contributed by atoms with Crippen LogP contribution in [0.4, 0.5) is 10.1 Å². The summed E-state index contributed by atoms with van der Waals surface area (Å²) in [5.74, 6) is -0.630. The van der Waals surface area contributed by atoms with Crippen LogP contribution >= 0.6 is 0 Å². The highest BCUT2D eigenvalue weighted by molar-refractivity contribution is 5.92. The van der Waals surface area contributed by atoms with Gasteiger partial charge in [0, 0.05) is 18.2 Å². The fourth-order valence-electron chi connectivity index (χ4n) is 2.09. The molecular formula is C19H21FN2O2. The van der Waals surface area contributed by atoms with Gasteiger partial charge in [-0.3, -0.25) is 9.59 Å². The number of nitrogens with one attached hydrogen (secondary N) is 2. The molecule has 0 aliphatic heterocycles. The molecule has 126 valence electrons. The van der Waals surface area contributed by atoms with Gasteiger partial charge in [-0.25, -0.2) is 4.39 Å². The van der Waals surface area contributed by atoms with Gasteiger partial charge in [0.05, 0.1) is 6.42 Å². The van der Waals surface area contributed by atoms with Gasteiger partial charge in [0.15, 0.2) is 0 Å². The van der Waals surface area contributed by atoms with E-state index in [2.05, 4.69) is 10.6 Å². The highest BCUT2D eigenvalue weighted by Crippen LogP contribution is 2.11. The standard InChI is InChI=1S/C19H21FN2O2/c1-13(2)19(24)22-17-8-6-14(7-9-17)12-21-18(23)11-15-4-3-5-16(20)10-15/h3-10,13H,11-12H2,1-2H3,(H,21,23)(H,22,24). The predicted octanol–water partition coefficient (Wildman–Crippen LogP) is 3.28. The van der Waals surface area contributed by atoms with Crippen LogP contribution in [0, 0.1) is 11.7 Å². The van der Waals surface area contributed by atoms with E-state index in [9.17, 15) is 14.0 Å². The number of hydrogen-bond donors (Lipinski definition) is 2. The van der Waals surface area contributed by atoms with Crippen molar-refractivity contribution in [3.63, 3.8) is 0 Å². The third-order valence-electron chi connectivity index (χ3n) is 3.49. The van der Waals surface area contributed by atoms with Crippen molar-refractivity contribution in [1.29, 1.82) is 0 Å². The summed E-state index contributed by atoms with van der Waals surface area (Å²) in [6.45, 7) is 4.04. The van der Waals surface area contributed by atoms with Crippen LogP contribution in [0.2, 0.25) is 0 Å². The summed E-state index contributed by atoms with van der Waals surface area (Å²) in [7, 11) is 0. The van der Waals surface area contributed by atoms with E-state index in [0.29, 0.717) is 12.1 Å². The molecular weight excluding hydrogens is 307 g/mol. The second-order valence-corrected chi connectivity index (χ2v) is 5.92. The van der Waals surface area contributed by atoms with E-state index in [1.165, 1.54) is 12.1 Å². The monoisotopic (exact) mass is 328 g/mol. The van der Waals surface area contributed by atoms with E-state index in [-0.39, 0.29) is 30.0 Å². The van der Waals surface area contributed by atoms with Crippen LogP contribution in [0.15, 0.2) is 48.5 Å². The lowest BCUT2D eigenvalue weighted by molar-refractivity contribution is -0.120. The van der Waals surface area contributed by atoms with E-state index < -0.39 is 0 Å². The minimum atomic E-state index is -0.348. The quantitative estimate of drug-likeness (QED) is 0.855. The molecule has 0 saturated carbocycles. The van der Waals surface area contributed by atoms with Crippen LogP contribution in [0.3, 0.4) is 0 Å². The van der Waals surface area contributed by atoms with Gasteiger partial charge in [-0.15, -0.1) is 0 Å². The number of rotatable bonds is 6. The van der Waals surface area contributed by atoms with E-state index in [1.807, 2.05) is 26.0 Å². The van der Waals surface area contributed by atoms with Gasteiger partial charge in [0.25, 0.3) is 0 Å². The van der Waals surface area contributed by atoms with Crippen molar-refractivity contribution in [3.8, 4) is 0 Å². The molecule has 2 aromatic rings. The average molecular weight is 328 g/mol. The Bertz CT molecular complexity index is 712. The Kier molecular flexibility index (Phi) is 6.07. The van der Waals surface area contributed by atoms with Crippen molar-refractivity contribution in [1.82, 2.24) is 5.32 Å². The summed E-state index contributed by atoms with van der Waals surface area (Å²) in [4.78, 5) is 23.5. The first-order valence-electron chi connectivity index (χ1n) is 7.85. The van der Waals surface area contributed by atoms with E-state index >= 15 is 0 Å². The number of benzene rings is 2. The molecule has 2 aromatic carbocycles. The first kappa shape index (κ1) is 17.7. The van der Waals surface area contributed by atoms with Crippen molar-refractivity contribution >= 4 is 17.5 Å². The summed E-state index contributed by atoms with van der Waals surface area (Å²) < 4.78 is 13.1. The molecule has 2 rings (SSSR count). The van der Waals surface area contributed by atoms with Crippen LogP contribution in [-0.4, -0.2) is 11.8 Å². The summed E-state index contributed by atoms with van der Waals surface area (Å²) in [6, 6.07) is 13.3. The lowest BCUT2D eigenvalue weighted by Crippen LogP contribution is -2.24. The molecule has 0 aliphatic rings. The highest BCUT2D eigenvalue weighted by atomic mass is 19.1. The molecule has 0 radical (unpaired) electrons. The Morgan fingerprint density at radius 3 is 2.38 bits per heavy atom. The van der Waals surface area contributed by atoms with E-state index in [1.54, 1.807) is 24.3 Å². The summed E-state index contributed by atoms with van der Waals surface area (Å²) >= 11 is 0. The minimum absolute atomic E-state index is 0.0360. The zero-order valence-electron chi connectivity index (χ0n) is 13.8. The number of amides is 2. The van der Waals surface area contributed by atoms with Gasteiger partial charge in [0.2, 0.25) is 11.8 Å². The minimum Gasteiger partial charge on any atom is -0.352 e. The fraction of sp³-hybridized carbons (Fsp3) is 0.263. The smallest absolute Gasteiger partial charge is 0.226 e. The SMILES string of the molecule is CC(C)C(=O)Nc1ccc(CNC(=O)Cc2cccc(F)c2)cc1. The van der Waals surface area contributed by atoms with E-state index in [4.69, 9.17) is 0 Å².